The predicted octanol–water partition coefficient (Wildman–Crippen LogP) is 3.58. The van der Waals surface area contributed by atoms with E-state index >= 15 is 0 Å². The Morgan fingerprint density at radius 3 is 1.47 bits per heavy atom. The number of hydrazine groups is 1. The molecule has 1 heterocycles. The van der Waals surface area contributed by atoms with Gasteiger partial charge in [-0.15, -0.1) is 11.8 Å². The number of para-hydroxylation sites is 2. The lowest BCUT2D eigenvalue weighted by molar-refractivity contribution is 0.891. The SMILES string of the molecule is c1ccc(N2CSCN2c2ccccc2)cc1. The number of hydrogen-bond donors (Lipinski definition) is 0. The minimum absolute atomic E-state index is 1.01. The van der Waals surface area contributed by atoms with Crippen LogP contribution in [0.5, 0.6) is 0 Å². The van der Waals surface area contributed by atoms with Crippen molar-refractivity contribution in [3.05, 3.63) is 60.7 Å². The Hall–Kier alpha value is -1.61. The van der Waals surface area contributed by atoms with Crippen LogP contribution >= 0.6 is 11.8 Å². The van der Waals surface area contributed by atoms with Crippen molar-refractivity contribution in [3.8, 4) is 0 Å². The van der Waals surface area contributed by atoms with E-state index in [1.165, 1.54) is 11.4 Å². The van der Waals surface area contributed by atoms with E-state index in [9.17, 15) is 0 Å². The van der Waals surface area contributed by atoms with E-state index in [4.69, 9.17) is 0 Å². The zero-order chi connectivity index (χ0) is 11.5. The summed E-state index contributed by atoms with van der Waals surface area (Å²) in [7, 11) is 0. The van der Waals surface area contributed by atoms with Crippen molar-refractivity contribution in [2.75, 3.05) is 21.8 Å². The van der Waals surface area contributed by atoms with Crippen LogP contribution in [0.15, 0.2) is 60.7 Å². The second-order valence-corrected chi connectivity index (χ2v) is 4.86. The number of benzene rings is 2. The molecule has 3 heteroatoms. The minimum atomic E-state index is 1.01. The lowest BCUT2D eigenvalue weighted by atomic mass is 10.3. The van der Waals surface area contributed by atoms with Gasteiger partial charge in [0.1, 0.15) is 0 Å². The third-order valence-electron chi connectivity index (χ3n) is 2.83. The van der Waals surface area contributed by atoms with Crippen molar-refractivity contribution in [2.45, 2.75) is 0 Å². The average molecular weight is 242 g/mol. The smallest absolute Gasteiger partial charge is 0.0869 e. The van der Waals surface area contributed by atoms with Crippen LogP contribution in [0, 0.1) is 0 Å². The molecule has 2 aromatic carbocycles. The number of thioether (sulfide) groups is 1. The van der Waals surface area contributed by atoms with E-state index in [2.05, 4.69) is 70.7 Å². The maximum Gasteiger partial charge on any atom is 0.0869 e. The summed E-state index contributed by atoms with van der Waals surface area (Å²) in [6, 6.07) is 21.1. The van der Waals surface area contributed by atoms with Gasteiger partial charge in [0.25, 0.3) is 0 Å². The Labute approximate surface area is 106 Å². The first kappa shape index (κ1) is 10.5. The van der Waals surface area contributed by atoms with Gasteiger partial charge in [-0.2, -0.15) is 0 Å². The van der Waals surface area contributed by atoms with E-state index in [0.29, 0.717) is 0 Å². The van der Waals surface area contributed by atoms with Gasteiger partial charge in [0.2, 0.25) is 0 Å². The van der Waals surface area contributed by atoms with Crippen LogP contribution in [-0.2, 0) is 0 Å². The summed E-state index contributed by atoms with van der Waals surface area (Å²) >= 11 is 1.93. The van der Waals surface area contributed by atoms with E-state index < -0.39 is 0 Å². The molecular formula is C14H14N2S. The van der Waals surface area contributed by atoms with Crippen molar-refractivity contribution in [1.29, 1.82) is 0 Å². The molecule has 2 nitrogen and oxygen atoms in total. The fourth-order valence-electron chi connectivity index (χ4n) is 1.98. The van der Waals surface area contributed by atoms with Gasteiger partial charge in [-0.05, 0) is 24.3 Å². The minimum Gasteiger partial charge on any atom is -0.275 e. The molecule has 3 rings (SSSR count). The predicted molar refractivity (Wildman–Crippen MR) is 75.2 cm³/mol. The number of hydrogen-bond acceptors (Lipinski definition) is 3. The molecule has 0 atom stereocenters. The second kappa shape index (κ2) is 4.72. The van der Waals surface area contributed by atoms with Crippen LogP contribution < -0.4 is 10.0 Å². The molecule has 86 valence electrons. The number of rotatable bonds is 2. The lowest BCUT2D eigenvalue weighted by Crippen LogP contribution is -2.36. The van der Waals surface area contributed by atoms with Crippen molar-refractivity contribution in [1.82, 2.24) is 0 Å². The monoisotopic (exact) mass is 242 g/mol. The van der Waals surface area contributed by atoms with Crippen molar-refractivity contribution in [3.63, 3.8) is 0 Å². The lowest BCUT2D eigenvalue weighted by Gasteiger charge is -2.30. The quantitative estimate of drug-likeness (QED) is 0.795. The highest BCUT2D eigenvalue weighted by Gasteiger charge is 2.22. The standard InChI is InChI=1S/C14H14N2S/c1-3-7-13(8-4-1)15-11-17-12-16(15)14-9-5-2-6-10-14/h1-10H,11-12H2. The second-order valence-electron chi connectivity index (χ2n) is 3.93. The summed E-state index contributed by atoms with van der Waals surface area (Å²) in [6.07, 6.45) is 0. The summed E-state index contributed by atoms with van der Waals surface area (Å²) in [5.74, 6) is 2.03. The van der Waals surface area contributed by atoms with Crippen molar-refractivity contribution >= 4 is 23.1 Å². The molecule has 0 amide bonds. The Balaban J connectivity index is 1.91. The van der Waals surface area contributed by atoms with Gasteiger partial charge in [-0.3, -0.25) is 10.0 Å². The summed E-state index contributed by atoms with van der Waals surface area (Å²) in [5.41, 5.74) is 2.50. The highest BCUT2D eigenvalue weighted by Crippen LogP contribution is 2.30. The zero-order valence-corrected chi connectivity index (χ0v) is 10.3. The van der Waals surface area contributed by atoms with Crippen LogP contribution in [0.25, 0.3) is 0 Å². The molecule has 0 spiro atoms. The molecular weight excluding hydrogens is 228 g/mol. The van der Waals surface area contributed by atoms with Gasteiger partial charge < -0.3 is 0 Å². The molecule has 0 N–H and O–H groups in total. The third kappa shape index (κ3) is 2.11. The molecule has 0 saturated carbocycles. The fraction of sp³-hybridized carbons (Fsp3) is 0.143. The molecule has 0 radical (unpaired) electrons. The molecule has 0 aliphatic carbocycles. The number of nitrogens with zero attached hydrogens (tertiary/aromatic N) is 2. The maximum atomic E-state index is 2.32. The Bertz CT molecular complexity index is 427. The van der Waals surface area contributed by atoms with Gasteiger partial charge in [0.15, 0.2) is 0 Å². The first-order valence-corrected chi connectivity index (χ1v) is 6.83. The molecule has 0 aromatic heterocycles. The Morgan fingerprint density at radius 2 is 1.06 bits per heavy atom. The van der Waals surface area contributed by atoms with Crippen molar-refractivity contribution < 1.29 is 0 Å². The summed E-state index contributed by atoms with van der Waals surface area (Å²) in [6.45, 7) is 0. The van der Waals surface area contributed by atoms with Gasteiger partial charge in [-0.25, -0.2) is 0 Å². The van der Waals surface area contributed by atoms with Crippen molar-refractivity contribution in [2.24, 2.45) is 0 Å². The average Bonchev–Trinajstić information content (AvgIpc) is 2.90. The zero-order valence-electron chi connectivity index (χ0n) is 9.49. The van der Waals surface area contributed by atoms with E-state index in [1.807, 2.05) is 11.8 Å². The first-order chi connectivity index (χ1) is 8.45. The van der Waals surface area contributed by atoms with Gasteiger partial charge in [-0.1, -0.05) is 36.4 Å². The summed E-state index contributed by atoms with van der Waals surface area (Å²) < 4.78 is 0. The largest absolute Gasteiger partial charge is 0.275 e. The molecule has 2 aromatic rings. The Kier molecular flexibility index (Phi) is 2.92. The number of anilines is 2. The maximum absolute atomic E-state index is 2.32. The molecule has 1 aliphatic rings. The molecule has 1 saturated heterocycles. The third-order valence-corrected chi connectivity index (χ3v) is 3.68. The Morgan fingerprint density at radius 1 is 0.647 bits per heavy atom. The topological polar surface area (TPSA) is 6.48 Å². The molecule has 0 unspecified atom stereocenters. The normalized spacial score (nSPS) is 15.3. The summed E-state index contributed by atoms with van der Waals surface area (Å²) in [5, 5.41) is 4.64. The highest BCUT2D eigenvalue weighted by molar-refractivity contribution is 7.99. The van der Waals surface area contributed by atoms with Gasteiger partial charge >= 0.3 is 0 Å². The van der Waals surface area contributed by atoms with E-state index in [-0.39, 0.29) is 0 Å². The van der Waals surface area contributed by atoms with Crippen LogP contribution in [0.4, 0.5) is 11.4 Å². The highest BCUT2D eigenvalue weighted by atomic mass is 32.2. The van der Waals surface area contributed by atoms with Crippen LogP contribution in [0.1, 0.15) is 0 Å². The molecule has 0 bridgehead atoms. The summed E-state index contributed by atoms with van der Waals surface area (Å²) in [4.78, 5) is 0. The molecule has 1 fully saturated rings. The van der Waals surface area contributed by atoms with E-state index in [0.717, 1.165) is 11.8 Å². The van der Waals surface area contributed by atoms with Crippen LogP contribution in [0.3, 0.4) is 0 Å². The van der Waals surface area contributed by atoms with Crippen LogP contribution in [0.2, 0.25) is 0 Å². The molecule has 1 aliphatic heterocycles. The van der Waals surface area contributed by atoms with Gasteiger partial charge in [0, 0.05) is 0 Å². The van der Waals surface area contributed by atoms with Gasteiger partial charge in [0.05, 0.1) is 23.1 Å². The van der Waals surface area contributed by atoms with Crippen LogP contribution in [-0.4, -0.2) is 11.8 Å². The first-order valence-electron chi connectivity index (χ1n) is 5.68. The van der Waals surface area contributed by atoms with E-state index in [1.54, 1.807) is 0 Å². The fourth-order valence-corrected chi connectivity index (χ4v) is 2.99. The molecule has 17 heavy (non-hydrogen) atoms.